The summed E-state index contributed by atoms with van der Waals surface area (Å²) in [4.78, 5) is 35.0. The number of aliphatic carboxylic acids is 1. The molecule has 0 aliphatic heterocycles. The molecule has 0 saturated heterocycles. The molecule has 0 atom stereocenters. The number of nitrogens with zero attached hydrogens (tertiary/aromatic N) is 1. The second-order valence-corrected chi connectivity index (χ2v) is 4.57. The first-order valence-corrected chi connectivity index (χ1v) is 5.74. The van der Waals surface area contributed by atoms with E-state index < -0.39 is 17.5 Å². The maximum atomic E-state index is 11.6. The minimum atomic E-state index is -1.37. The Morgan fingerprint density at radius 3 is 2.28 bits per heavy atom. The Morgan fingerprint density at radius 2 is 1.83 bits per heavy atom. The van der Waals surface area contributed by atoms with Gasteiger partial charge >= 0.3 is 12.0 Å². The molecule has 0 aromatic carbocycles. The Bertz CT molecular complexity index is 328. The van der Waals surface area contributed by atoms with E-state index in [-0.39, 0.29) is 12.5 Å². The molecule has 0 heterocycles. The quantitative estimate of drug-likeness (QED) is 0.626. The van der Waals surface area contributed by atoms with Crippen LogP contribution >= 0.6 is 0 Å². The number of nitrogens with one attached hydrogen (secondary N) is 2. The van der Waals surface area contributed by atoms with Gasteiger partial charge in [-0.3, -0.25) is 4.79 Å². The molecule has 7 heteroatoms. The van der Waals surface area contributed by atoms with Crippen molar-refractivity contribution in [3.63, 3.8) is 0 Å². The Kier molecular flexibility index (Phi) is 6.15. The smallest absolute Gasteiger partial charge is 0.328 e. The van der Waals surface area contributed by atoms with Gasteiger partial charge in [0.1, 0.15) is 12.1 Å². The van der Waals surface area contributed by atoms with Gasteiger partial charge in [-0.1, -0.05) is 6.92 Å². The number of hydrogen-bond donors (Lipinski definition) is 3. The van der Waals surface area contributed by atoms with Gasteiger partial charge in [-0.2, -0.15) is 0 Å². The lowest BCUT2D eigenvalue weighted by Crippen LogP contribution is -2.54. The number of likely N-dealkylation sites (N-methyl/N-ethyl adjacent to an activating group) is 1. The molecule has 0 aromatic rings. The number of amides is 3. The summed E-state index contributed by atoms with van der Waals surface area (Å²) in [6.45, 7) is 5.11. The van der Waals surface area contributed by atoms with Crippen molar-refractivity contribution in [2.75, 3.05) is 20.1 Å². The maximum absolute atomic E-state index is 11.6. The van der Waals surface area contributed by atoms with E-state index in [2.05, 4.69) is 10.6 Å². The highest BCUT2D eigenvalue weighted by Crippen LogP contribution is 2.02. The van der Waals surface area contributed by atoms with E-state index in [1.165, 1.54) is 20.9 Å². The van der Waals surface area contributed by atoms with Crippen molar-refractivity contribution in [2.45, 2.75) is 32.7 Å². The molecule has 104 valence electrons. The van der Waals surface area contributed by atoms with Crippen LogP contribution in [0.5, 0.6) is 0 Å². The topological polar surface area (TPSA) is 98.7 Å². The molecule has 0 aliphatic rings. The van der Waals surface area contributed by atoms with Gasteiger partial charge in [-0.15, -0.1) is 0 Å². The number of carbonyl (C=O) groups is 3. The second kappa shape index (κ2) is 6.83. The molecule has 0 saturated carbocycles. The monoisotopic (exact) mass is 259 g/mol. The van der Waals surface area contributed by atoms with Crippen LogP contribution in [0.4, 0.5) is 4.79 Å². The summed E-state index contributed by atoms with van der Waals surface area (Å²) in [6.07, 6.45) is 0.813. The molecule has 0 aliphatic carbocycles. The van der Waals surface area contributed by atoms with Crippen LogP contribution in [0.1, 0.15) is 27.2 Å². The lowest BCUT2D eigenvalue weighted by Gasteiger charge is -2.25. The standard InChI is InChI=1S/C11H21N3O4/c1-5-6-12-8(15)7-14(4)10(18)13-11(2,3)9(16)17/h5-7H2,1-4H3,(H,12,15)(H,13,18)(H,16,17). The van der Waals surface area contributed by atoms with E-state index in [0.29, 0.717) is 6.54 Å². The van der Waals surface area contributed by atoms with Gasteiger partial charge < -0.3 is 20.6 Å². The number of urea groups is 1. The van der Waals surface area contributed by atoms with Crippen LogP contribution < -0.4 is 10.6 Å². The van der Waals surface area contributed by atoms with Gasteiger partial charge in [0.2, 0.25) is 5.91 Å². The number of carboxylic acid groups (broad SMARTS) is 1. The third kappa shape index (κ3) is 5.51. The lowest BCUT2D eigenvalue weighted by molar-refractivity contribution is -0.143. The molecule has 0 bridgehead atoms. The highest BCUT2D eigenvalue weighted by molar-refractivity contribution is 5.88. The van der Waals surface area contributed by atoms with Crippen molar-refractivity contribution in [1.82, 2.24) is 15.5 Å². The van der Waals surface area contributed by atoms with Crippen molar-refractivity contribution in [3.8, 4) is 0 Å². The van der Waals surface area contributed by atoms with Crippen LogP contribution in [0.2, 0.25) is 0 Å². The minimum absolute atomic E-state index is 0.110. The molecular weight excluding hydrogens is 238 g/mol. The molecule has 0 rings (SSSR count). The fourth-order valence-corrected chi connectivity index (χ4v) is 1.02. The zero-order chi connectivity index (χ0) is 14.3. The molecule has 3 N–H and O–H groups in total. The summed E-state index contributed by atoms with van der Waals surface area (Å²) in [5.41, 5.74) is -1.37. The highest BCUT2D eigenvalue weighted by Gasteiger charge is 2.30. The van der Waals surface area contributed by atoms with Gasteiger partial charge in [0.05, 0.1) is 0 Å². The molecule has 0 radical (unpaired) electrons. The molecule has 3 amide bonds. The minimum Gasteiger partial charge on any atom is -0.480 e. The van der Waals surface area contributed by atoms with E-state index in [0.717, 1.165) is 11.3 Å². The molecule has 7 nitrogen and oxygen atoms in total. The SMILES string of the molecule is CCCNC(=O)CN(C)C(=O)NC(C)(C)C(=O)O. The van der Waals surface area contributed by atoms with Crippen molar-refractivity contribution in [1.29, 1.82) is 0 Å². The summed E-state index contributed by atoms with van der Waals surface area (Å²) in [6, 6.07) is -0.603. The number of hydrogen-bond acceptors (Lipinski definition) is 3. The van der Waals surface area contributed by atoms with Gasteiger partial charge in [0.15, 0.2) is 0 Å². The van der Waals surface area contributed by atoms with E-state index in [4.69, 9.17) is 5.11 Å². The molecule has 0 aromatic heterocycles. The average Bonchev–Trinajstić information content (AvgIpc) is 2.25. The molecule has 0 fully saturated rings. The Balaban J connectivity index is 4.27. The average molecular weight is 259 g/mol. The normalized spacial score (nSPS) is 10.7. The van der Waals surface area contributed by atoms with E-state index in [9.17, 15) is 14.4 Å². The Labute approximate surface area is 107 Å². The Hall–Kier alpha value is -1.79. The van der Waals surface area contributed by atoms with Gasteiger partial charge in [-0.25, -0.2) is 9.59 Å². The molecule has 18 heavy (non-hydrogen) atoms. The fourth-order valence-electron chi connectivity index (χ4n) is 1.02. The summed E-state index contributed by atoms with van der Waals surface area (Å²) in [7, 11) is 1.43. The van der Waals surface area contributed by atoms with Crippen LogP contribution in [-0.2, 0) is 9.59 Å². The first kappa shape index (κ1) is 16.2. The van der Waals surface area contributed by atoms with E-state index >= 15 is 0 Å². The van der Waals surface area contributed by atoms with Gasteiger partial charge in [0.25, 0.3) is 0 Å². The third-order valence-electron chi connectivity index (χ3n) is 2.25. The molecular formula is C11H21N3O4. The largest absolute Gasteiger partial charge is 0.480 e. The van der Waals surface area contributed by atoms with Crippen molar-refractivity contribution in [2.24, 2.45) is 0 Å². The zero-order valence-electron chi connectivity index (χ0n) is 11.2. The van der Waals surface area contributed by atoms with Crippen LogP contribution in [0, 0.1) is 0 Å². The summed E-state index contributed by atoms with van der Waals surface area (Å²) in [5.74, 6) is -1.41. The van der Waals surface area contributed by atoms with Crippen molar-refractivity contribution < 1.29 is 19.5 Å². The van der Waals surface area contributed by atoms with Crippen LogP contribution in [0.25, 0.3) is 0 Å². The first-order valence-electron chi connectivity index (χ1n) is 5.74. The van der Waals surface area contributed by atoms with E-state index in [1.54, 1.807) is 0 Å². The number of rotatable bonds is 6. The Morgan fingerprint density at radius 1 is 1.28 bits per heavy atom. The first-order chi connectivity index (χ1) is 8.20. The predicted octanol–water partition coefficient (Wildman–Crippen LogP) is 0.0172. The predicted molar refractivity (Wildman–Crippen MR) is 66.2 cm³/mol. The number of carboxylic acids is 1. The zero-order valence-corrected chi connectivity index (χ0v) is 11.2. The number of carbonyl (C=O) groups excluding carboxylic acids is 2. The van der Waals surface area contributed by atoms with Crippen molar-refractivity contribution >= 4 is 17.9 Å². The van der Waals surface area contributed by atoms with Crippen molar-refractivity contribution in [3.05, 3.63) is 0 Å². The summed E-state index contributed by atoms with van der Waals surface area (Å²) >= 11 is 0. The fraction of sp³-hybridized carbons (Fsp3) is 0.727. The van der Waals surface area contributed by atoms with E-state index in [1.807, 2.05) is 6.92 Å². The summed E-state index contributed by atoms with van der Waals surface area (Å²) < 4.78 is 0. The third-order valence-corrected chi connectivity index (χ3v) is 2.25. The second-order valence-electron chi connectivity index (χ2n) is 4.57. The highest BCUT2D eigenvalue weighted by atomic mass is 16.4. The van der Waals surface area contributed by atoms with Gasteiger partial charge in [-0.05, 0) is 20.3 Å². The summed E-state index contributed by atoms with van der Waals surface area (Å²) in [5, 5.41) is 13.8. The van der Waals surface area contributed by atoms with Crippen LogP contribution in [0.15, 0.2) is 0 Å². The van der Waals surface area contributed by atoms with Crippen LogP contribution in [-0.4, -0.2) is 53.6 Å². The molecule has 0 spiro atoms. The molecule has 0 unspecified atom stereocenters. The lowest BCUT2D eigenvalue weighted by atomic mass is 10.1. The van der Waals surface area contributed by atoms with Gasteiger partial charge in [0, 0.05) is 13.6 Å². The maximum Gasteiger partial charge on any atom is 0.328 e. The van der Waals surface area contributed by atoms with Crippen LogP contribution in [0.3, 0.4) is 0 Å².